The number of aromatic nitrogens is 1. The third-order valence-electron chi connectivity index (χ3n) is 2.16. The van der Waals surface area contributed by atoms with E-state index in [9.17, 15) is 20.0 Å². The Morgan fingerprint density at radius 1 is 1.55 bits per heavy atom. The lowest BCUT2D eigenvalue weighted by Crippen LogP contribution is -2.34. The van der Waals surface area contributed by atoms with Crippen molar-refractivity contribution < 1.29 is 19.6 Å². The number of hydrogen-bond acceptors (Lipinski definition) is 6. The number of pyridine rings is 1. The second-order valence-electron chi connectivity index (χ2n) is 5.10. The van der Waals surface area contributed by atoms with Crippen LogP contribution in [0.2, 0.25) is 0 Å². The van der Waals surface area contributed by atoms with Gasteiger partial charge in [-0.2, -0.15) is 0 Å². The molecule has 20 heavy (non-hydrogen) atoms. The molecule has 1 unspecified atom stereocenters. The van der Waals surface area contributed by atoms with Crippen molar-refractivity contribution in [2.24, 2.45) is 0 Å². The van der Waals surface area contributed by atoms with Gasteiger partial charge in [0.15, 0.2) is 0 Å². The Bertz CT molecular complexity index is 481. The zero-order chi connectivity index (χ0) is 15.3. The predicted molar refractivity (Wildman–Crippen MR) is 70.1 cm³/mol. The van der Waals surface area contributed by atoms with Crippen molar-refractivity contribution in [2.75, 3.05) is 6.54 Å². The van der Waals surface area contributed by atoms with E-state index in [1.54, 1.807) is 20.8 Å². The molecule has 0 aliphatic heterocycles. The van der Waals surface area contributed by atoms with Gasteiger partial charge < -0.3 is 15.2 Å². The smallest absolute Gasteiger partial charge is 0.407 e. The Hall–Kier alpha value is -2.22. The highest BCUT2D eigenvalue weighted by Gasteiger charge is 2.18. The summed E-state index contributed by atoms with van der Waals surface area (Å²) in [6.45, 7) is 5.07. The van der Waals surface area contributed by atoms with E-state index in [2.05, 4.69) is 10.3 Å². The van der Waals surface area contributed by atoms with Gasteiger partial charge in [-0.15, -0.1) is 0 Å². The van der Waals surface area contributed by atoms with Gasteiger partial charge in [0.05, 0.1) is 17.2 Å². The maximum atomic E-state index is 11.4. The second-order valence-corrected chi connectivity index (χ2v) is 5.10. The van der Waals surface area contributed by atoms with E-state index in [-0.39, 0.29) is 17.9 Å². The van der Waals surface area contributed by atoms with Gasteiger partial charge >= 0.3 is 6.09 Å². The molecule has 0 spiro atoms. The van der Waals surface area contributed by atoms with Gasteiger partial charge in [-0.25, -0.2) is 4.79 Å². The highest BCUT2D eigenvalue weighted by molar-refractivity contribution is 5.67. The van der Waals surface area contributed by atoms with Crippen molar-refractivity contribution in [3.8, 4) is 0 Å². The molecule has 1 heterocycles. The van der Waals surface area contributed by atoms with Gasteiger partial charge in [0.1, 0.15) is 17.9 Å². The van der Waals surface area contributed by atoms with Crippen molar-refractivity contribution in [3.63, 3.8) is 0 Å². The first-order valence-electron chi connectivity index (χ1n) is 5.94. The minimum atomic E-state index is -1.07. The standard InChI is InChI=1S/C12H17N3O5/c1-12(2,3)20-11(17)14-7-10(16)9-5-4-8(6-13-9)15(18)19/h4-6,10,16H,7H2,1-3H3,(H,14,17). The molecule has 8 heteroatoms. The number of carbonyl (C=O) groups excluding carboxylic acids is 1. The Morgan fingerprint density at radius 2 is 2.20 bits per heavy atom. The van der Waals surface area contributed by atoms with Gasteiger partial charge in [0.25, 0.3) is 5.69 Å². The van der Waals surface area contributed by atoms with Gasteiger partial charge in [0.2, 0.25) is 0 Å². The zero-order valence-corrected chi connectivity index (χ0v) is 11.5. The van der Waals surface area contributed by atoms with Crippen LogP contribution < -0.4 is 5.32 Å². The fourth-order valence-electron chi connectivity index (χ4n) is 1.30. The monoisotopic (exact) mass is 283 g/mol. The molecule has 1 aromatic heterocycles. The Morgan fingerprint density at radius 3 is 2.65 bits per heavy atom. The molecule has 0 saturated heterocycles. The third-order valence-corrected chi connectivity index (χ3v) is 2.16. The Labute approximate surface area is 115 Å². The summed E-state index contributed by atoms with van der Waals surface area (Å²) in [6.07, 6.45) is -0.673. The number of nitro groups is 1. The number of ether oxygens (including phenoxy) is 1. The molecule has 0 radical (unpaired) electrons. The quantitative estimate of drug-likeness (QED) is 0.640. The van der Waals surface area contributed by atoms with E-state index in [1.165, 1.54) is 12.1 Å². The Kier molecular flexibility index (Phi) is 4.98. The van der Waals surface area contributed by atoms with E-state index in [1.807, 2.05) is 0 Å². The molecule has 110 valence electrons. The molecule has 0 aromatic carbocycles. The van der Waals surface area contributed by atoms with Crippen LogP contribution in [0.15, 0.2) is 18.3 Å². The molecule has 0 saturated carbocycles. The van der Waals surface area contributed by atoms with Crippen LogP contribution in [-0.2, 0) is 4.74 Å². The molecule has 1 rings (SSSR count). The highest BCUT2D eigenvalue weighted by atomic mass is 16.6. The summed E-state index contributed by atoms with van der Waals surface area (Å²) in [5.41, 5.74) is -0.562. The normalized spacial score (nSPS) is 12.6. The lowest BCUT2D eigenvalue weighted by atomic mass is 10.2. The topological polar surface area (TPSA) is 115 Å². The summed E-state index contributed by atoms with van der Waals surface area (Å²) in [5.74, 6) is 0. The van der Waals surface area contributed by atoms with Crippen LogP contribution in [0.5, 0.6) is 0 Å². The van der Waals surface area contributed by atoms with Crippen molar-refractivity contribution in [1.29, 1.82) is 0 Å². The molecule has 0 bridgehead atoms. The fourth-order valence-corrected chi connectivity index (χ4v) is 1.30. The first-order chi connectivity index (χ1) is 9.19. The maximum Gasteiger partial charge on any atom is 0.407 e. The minimum absolute atomic E-state index is 0.0975. The number of rotatable bonds is 4. The molecule has 2 N–H and O–H groups in total. The van der Waals surface area contributed by atoms with Crippen molar-refractivity contribution >= 4 is 11.8 Å². The van der Waals surface area contributed by atoms with E-state index >= 15 is 0 Å². The Balaban J connectivity index is 2.52. The summed E-state index contributed by atoms with van der Waals surface area (Å²) in [6, 6.07) is 2.57. The van der Waals surface area contributed by atoms with Crippen LogP contribution in [0.1, 0.15) is 32.6 Å². The first kappa shape index (κ1) is 15.8. The zero-order valence-electron chi connectivity index (χ0n) is 11.5. The third kappa shape index (κ3) is 5.19. The lowest BCUT2D eigenvalue weighted by Gasteiger charge is -2.20. The van der Waals surface area contributed by atoms with Crippen LogP contribution in [-0.4, -0.2) is 33.3 Å². The van der Waals surface area contributed by atoms with Gasteiger partial charge in [0, 0.05) is 6.07 Å². The molecule has 1 atom stereocenters. The number of nitrogens with zero attached hydrogens (tertiary/aromatic N) is 2. The second kappa shape index (κ2) is 6.29. The van der Waals surface area contributed by atoms with Crippen LogP contribution >= 0.6 is 0 Å². The number of aliphatic hydroxyl groups excluding tert-OH is 1. The van der Waals surface area contributed by atoms with Crippen LogP contribution in [0.4, 0.5) is 10.5 Å². The maximum absolute atomic E-state index is 11.4. The van der Waals surface area contributed by atoms with Crippen LogP contribution in [0.25, 0.3) is 0 Å². The summed E-state index contributed by atoms with van der Waals surface area (Å²) >= 11 is 0. The molecule has 8 nitrogen and oxygen atoms in total. The molecule has 0 aliphatic rings. The first-order valence-corrected chi connectivity index (χ1v) is 5.94. The van der Waals surface area contributed by atoms with Crippen molar-refractivity contribution in [3.05, 3.63) is 34.1 Å². The number of hydrogen-bond donors (Lipinski definition) is 2. The molecule has 1 amide bonds. The van der Waals surface area contributed by atoms with Crippen molar-refractivity contribution in [1.82, 2.24) is 10.3 Å². The summed E-state index contributed by atoms with van der Waals surface area (Å²) in [7, 11) is 0. The van der Waals surface area contributed by atoms with E-state index in [0.29, 0.717) is 0 Å². The number of nitrogens with one attached hydrogen (secondary N) is 1. The van der Waals surface area contributed by atoms with Gasteiger partial charge in [-0.05, 0) is 26.8 Å². The van der Waals surface area contributed by atoms with Crippen molar-refractivity contribution in [2.45, 2.75) is 32.5 Å². The fraction of sp³-hybridized carbons (Fsp3) is 0.500. The number of carbonyl (C=O) groups is 1. The number of alkyl carbamates (subject to hydrolysis) is 1. The average molecular weight is 283 g/mol. The van der Waals surface area contributed by atoms with Crippen LogP contribution in [0, 0.1) is 10.1 Å². The number of aliphatic hydroxyl groups is 1. The summed E-state index contributed by atoms with van der Waals surface area (Å²) < 4.78 is 5.00. The highest BCUT2D eigenvalue weighted by Crippen LogP contribution is 2.14. The predicted octanol–water partition coefficient (Wildman–Crippen LogP) is 1.55. The molecule has 1 aromatic rings. The van der Waals surface area contributed by atoms with Gasteiger partial charge in [-0.1, -0.05) is 0 Å². The molecular formula is C12H17N3O5. The van der Waals surface area contributed by atoms with Gasteiger partial charge in [-0.3, -0.25) is 15.1 Å². The minimum Gasteiger partial charge on any atom is -0.444 e. The van der Waals surface area contributed by atoms with E-state index in [4.69, 9.17) is 4.74 Å². The average Bonchev–Trinajstić information content (AvgIpc) is 2.34. The summed E-state index contributed by atoms with van der Waals surface area (Å²) in [4.78, 5) is 25.0. The van der Waals surface area contributed by atoms with E-state index < -0.39 is 22.7 Å². The largest absolute Gasteiger partial charge is 0.444 e. The molecule has 0 aliphatic carbocycles. The number of amides is 1. The molecular weight excluding hydrogens is 266 g/mol. The SMILES string of the molecule is CC(C)(C)OC(=O)NCC(O)c1ccc([N+](=O)[O-])cn1. The van der Waals surface area contributed by atoms with Crippen LogP contribution in [0.3, 0.4) is 0 Å². The summed E-state index contributed by atoms with van der Waals surface area (Å²) in [5, 5.41) is 22.6. The lowest BCUT2D eigenvalue weighted by molar-refractivity contribution is -0.385. The van der Waals surface area contributed by atoms with E-state index in [0.717, 1.165) is 6.20 Å². The molecule has 0 fully saturated rings.